The summed E-state index contributed by atoms with van der Waals surface area (Å²) < 4.78 is 16.0. The Kier molecular flexibility index (Phi) is 15.3. The molecule has 0 aliphatic heterocycles. The van der Waals surface area contributed by atoms with Crippen molar-refractivity contribution < 1.29 is 48.6 Å². The van der Waals surface area contributed by atoms with Crippen LogP contribution in [0.5, 0.6) is 17.2 Å². The zero-order chi connectivity index (χ0) is 45.8. The van der Waals surface area contributed by atoms with Crippen LogP contribution < -0.4 is 14.2 Å². The van der Waals surface area contributed by atoms with Gasteiger partial charge in [-0.15, -0.1) is 0 Å². The summed E-state index contributed by atoms with van der Waals surface area (Å²) in [5, 5.41) is 56.1. The molecule has 0 fully saturated rings. The number of hydrogen-bond donors (Lipinski definition) is 1. The fourth-order valence-electron chi connectivity index (χ4n) is 5.71. The van der Waals surface area contributed by atoms with Crippen molar-refractivity contribution in [2.45, 2.75) is 79.8 Å². The molecule has 1 N–H and O–H groups in total. The Morgan fingerprint density at radius 3 is 1.50 bits per heavy atom. The van der Waals surface area contributed by atoms with Gasteiger partial charge in [0.1, 0.15) is 16.9 Å². The first-order valence-electron chi connectivity index (χ1n) is 17.5. The molecule has 60 heavy (non-hydrogen) atoms. The summed E-state index contributed by atoms with van der Waals surface area (Å²) in [7, 11) is 0. The van der Waals surface area contributed by atoms with Gasteiger partial charge in [0.15, 0.2) is 6.61 Å². The van der Waals surface area contributed by atoms with Crippen molar-refractivity contribution in [1.82, 2.24) is 0 Å². The fourth-order valence-corrected chi connectivity index (χ4v) is 6.48. The number of halogens is 3. The Morgan fingerprint density at radius 1 is 0.650 bits per heavy atom. The number of nitrogens with zero attached hydrogens (tertiary/aromatic N) is 4. The summed E-state index contributed by atoms with van der Waals surface area (Å²) in [6, 6.07) is 10.0. The topological polar surface area (TPSA) is 255 Å². The minimum atomic E-state index is -1.09. The lowest BCUT2D eigenvalue weighted by Gasteiger charge is -2.23. The zero-order valence-corrected chi connectivity index (χ0v) is 35.9. The summed E-state index contributed by atoms with van der Waals surface area (Å²) in [6.45, 7) is 13.2. The number of hydrogen-bond acceptors (Lipinski definition) is 14. The molecule has 0 saturated heterocycles. The van der Waals surface area contributed by atoms with Crippen LogP contribution in [0.2, 0.25) is 15.1 Å². The largest absolute Gasteiger partial charge is 0.480 e. The van der Waals surface area contributed by atoms with E-state index in [1.807, 2.05) is 6.92 Å². The Labute approximate surface area is 357 Å². The van der Waals surface area contributed by atoms with E-state index in [-0.39, 0.29) is 54.9 Å². The number of benzene rings is 4. The first-order valence-corrected chi connectivity index (χ1v) is 18.6. The Bertz CT molecular complexity index is 2430. The standard InChI is InChI=1S/C20H21ClN2O7.C19H18Cl2N2O7/c1-11-6-7-16(14(21)8-11)29-10-17(24)30-19-13(20(3,4)5)9-15(22(25)26)12(2)18(19)23(27)28;1-9-14(22(26)27)7-11(19(2,3)4)17(16(9)23(28)29)30-18(25)15-10(8-24)12(20)5-6-13(15)21/h6-9H,10H2,1-5H3;5-7,24H,8H2,1-4H3. The molecule has 4 aromatic carbocycles. The highest BCUT2D eigenvalue weighted by atomic mass is 35.5. The van der Waals surface area contributed by atoms with Gasteiger partial charge in [-0.25, -0.2) is 9.59 Å². The van der Waals surface area contributed by atoms with E-state index in [0.717, 1.165) is 11.6 Å². The van der Waals surface area contributed by atoms with Crippen molar-refractivity contribution in [3.05, 3.63) is 137 Å². The highest BCUT2D eigenvalue weighted by Gasteiger charge is 2.38. The van der Waals surface area contributed by atoms with Gasteiger partial charge in [-0.05, 0) is 61.4 Å². The number of aliphatic hydroxyl groups excluding tert-OH is 1. The molecule has 0 aromatic heterocycles. The molecule has 0 atom stereocenters. The number of carbonyl (C=O) groups excluding carboxylic acids is 2. The lowest BCUT2D eigenvalue weighted by Crippen LogP contribution is -2.22. The Morgan fingerprint density at radius 2 is 1.10 bits per heavy atom. The van der Waals surface area contributed by atoms with Crippen molar-refractivity contribution in [2.24, 2.45) is 0 Å². The van der Waals surface area contributed by atoms with Crippen LogP contribution in [0.3, 0.4) is 0 Å². The number of rotatable bonds is 11. The first kappa shape index (κ1) is 48.4. The van der Waals surface area contributed by atoms with Gasteiger partial charge in [-0.3, -0.25) is 40.5 Å². The number of carbonyl (C=O) groups is 2. The molecule has 0 saturated carbocycles. The number of aliphatic hydroxyl groups is 1. The summed E-state index contributed by atoms with van der Waals surface area (Å²) in [6.07, 6.45) is 0. The lowest BCUT2D eigenvalue weighted by molar-refractivity contribution is -0.396. The molecule has 0 spiro atoms. The number of ether oxygens (including phenoxy) is 3. The second kappa shape index (κ2) is 19.0. The predicted molar refractivity (Wildman–Crippen MR) is 221 cm³/mol. The van der Waals surface area contributed by atoms with Gasteiger partial charge < -0.3 is 19.3 Å². The highest BCUT2D eigenvalue weighted by molar-refractivity contribution is 6.36. The molecule has 21 heteroatoms. The molecule has 0 unspecified atom stereocenters. The second-order valence-corrected chi connectivity index (χ2v) is 16.4. The van der Waals surface area contributed by atoms with Crippen LogP contribution in [0, 0.1) is 61.2 Å². The van der Waals surface area contributed by atoms with Crippen LogP contribution in [0.25, 0.3) is 0 Å². The maximum absolute atomic E-state index is 12.9. The third kappa shape index (κ3) is 11.0. The average Bonchev–Trinajstić information content (AvgIpc) is 3.10. The van der Waals surface area contributed by atoms with Crippen molar-refractivity contribution in [1.29, 1.82) is 0 Å². The second-order valence-electron chi connectivity index (χ2n) is 15.1. The van der Waals surface area contributed by atoms with E-state index < -0.39 is 84.2 Å². The average molecular weight is 894 g/mol. The predicted octanol–water partition coefficient (Wildman–Crippen LogP) is 10.2. The van der Waals surface area contributed by atoms with E-state index in [4.69, 9.17) is 49.0 Å². The summed E-state index contributed by atoms with van der Waals surface area (Å²) >= 11 is 18.1. The van der Waals surface area contributed by atoms with Crippen LogP contribution in [-0.4, -0.2) is 43.3 Å². The summed E-state index contributed by atoms with van der Waals surface area (Å²) in [5.41, 5.74) is -3.43. The van der Waals surface area contributed by atoms with Crippen LogP contribution >= 0.6 is 34.8 Å². The molecular formula is C39H39Cl3N4O14. The van der Waals surface area contributed by atoms with E-state index in [1.54, 1.807) is 59.7 Å². The van der Waals surface area contributed by atoms with E-state index in [9.17, 15) is 55.2 Å². The maximum Gasteiger partial charge on any atom is 0.349 e. The van der Waals surface area contributed by atoms with Gasteiger partial charge in [-0.2, -0.15) is 0 Å². The molecule has 18 nitrogen and oxygen atoms in total. The minimum Gasteiger partial charge on any atom is -0.480 e. The molecule has 0 heterocycles. The monoisotopic (exact) mass is 892 g/mol. The molecule has 4 aromatic rings. The van der Waals surface area contributed by atoms with Gasteiger partial charge in [0.05, 0.1) is 41.9 Å². The van der Waals surface area contributed by atoms with E-state index in [2.05, 4.69) is 0 Å². The zero-order valence-electron chi connectivity index (χ0n) is 33.6. The molecule has 0 aliphatic carbocycles. The maximum atomic E-state index is 12.9. The number of nitro benzene ring substituents is 4. The number of nitro groups is 4. The molecule has 0 bridgehead atoms. The third-order valence-electron chi connectivity index (χ3n) is 8.75. The van der Waals surface area contributed by atoms with E-state index in [0.29, 0.717) is 5.02 Å². The van der Waals surface area contributed by atoms with Crippen LogP contribution in [0.15, 0.2) is 42.5 Å². The molecule has 320 valence electrons. The molecule has 0 aliphatic rings. The fraction of sp³-hybridized carbons (Fsp3) is 0.333. The Balaban J connectivity index is 0.000000320. The van der Waals surface area contributed by atoms with E-state index >= 15 is 0 Å². The molecule has 4 rings (SSSR count). The third-order valence-corrected chi connectivity index (χ3v) is 9.71. The highest BCUT2D eigenvalue weighted by Crippen LogP contribution is 2.46. The SMILES string of the molecule is Cc1c([N+](=O)[O-])cc(C(C)(C)C)c(OC(=O)c2c(Cl)ccc(Cl)c2CO)c1[N+](=O)[O-].Cc1ccc(OCC(=O)Oc2c(C(C)(C)C)cc([N+](=O)[O-])c(C)c2[N+](=O)[O-])c(Cl)c1. The van der Waals surface area contributed by atoms with Gasteiger partial charge in [0.2, 0.25) is 11.5 Å². The van der Waals surface area contributed by atoms with Gasteiger partial charge in [0.25, 0.3) is 11.4 Å². The minimum absolute atomic E-state index is 0.00670. The van der Waals surface area contributed by atoms with Crippen molar-refractivity contribution in [2.75, 3.05) is 6.61 Å². The van der Waals surface area contributed by atoms with Gasteiger partial charge in [-0.1, -0.05) is 82.4 Å². The smallest absolute Gasteiger partial charge is 0.349 e. The molecular weight excluding hydrogens is 855 g/mol. The van der Waals surface area contributed by atoms with Gasteiger partial charge >= 0.3 is 23.3 Å². The van der Waals surface area contributed by atoms with Crippen LogP contribution in [0.1, 0.15) is 85.3 Å². The van der Waals surface area contributed by atoms with Crippen molar-refractivity contribution in [3.8, 4) is 17.2 Å². The quantitative estimate of drug-likeness (QED) is 0.0636. The summed E-state index contributed by atoms with van der Waals surface area (Å²) in [5.74, 6) is -2.51. The summed E-state index contributed by atoms with van der Waals surface area (Å²) in [4.78, 5) is 68.5. The number of aryl methyl sites for hydroxylation is 1. The van der Waals surface area contributed by atoms with Crippen molar-refractivity contribution >= 4 is 69.5 Å². The molecule has 0 amide bonds. The lowest BCUT2D eigenvalue weighted by atomic mass is 9.84. The first-order chi connectivity index (χ1) is 27.6. The molecule has 0 radical (unpaired) electrons. The van der Waals surface area contributed by atoms with Crippen molar-refractivity contribution in [3.63, 3.8) is 0 Å². The Hall–Kier alpha value is -5.95. The number of esters is 2. The van der Waals surface area contributed by atoms with Crippen LogP contribution in [0.4, 0.5) is 22.7 Å². The van der Waals surface area contributed by atoms with E-state index in [1.165, 1.54) is 32.0 Å². The normalized spacial score (nSPS) is 11.2. The van der Waals surface area contributed by atoms with Crippen LogP contribution in [-0.2, 0) is 22.2 Å². The van der Waals surface area contributed by atoms with Gasteiger partial charge in [0, 0.05) is 33.8 Å².